The Labute approximate surface area is 150 Å². The normalized spacial score (nSPS) is 10.5. The molecular formula is C18H16Cl2N4. The fourth-order valence-electron chi connectivity index (χ4n) is 2.14. The van der Waals surface area contributed by atoms with Gasteiger partial charge in [0.1, 0.15) is 5.82 Å². The molecule has 2 aromatic carbocycles. The van der Waals surface area contributed by atoms with Crippen LogP contribution >= 0.6 is 23.2 Å². The van der Waals surface area contributed by atoms with E-state index in [9.17, 15) is 0 Å². The molecule has 0 unspecified atom stereocenters. The maximum absolute atomic E-state index is 6.18. The molecule has 0 aliphatic rings. The molecule has 2 N–H and O–H groups in total. The molecule has 0 fully saturated rings. The van der Waals surface area contributed by atoms with E-state index in [-0.39, 0.29) is 0 Å². The number of halogens is 2. The van der Waals surface area contributed by atoms with Gasteiger partial charge in [-0.3, -0.25) is 0 Å². The molecule has 0 atom stereocenters. The molecule has 0 aliphatic heterocycles. The van der Waals surface area contributed by atoms with Crippen molar-refractivity contribution in [1.29, 1.82) is 0 Å². The Morgan fingerprint density at radius 2 is 1.79 bits per heavy atom. The van der Waals surface area contributed by atoms with E-state index >= 15 is 0 Å². The van der Waals surface area contributed by atoms with Gasteiger partial charge >= 0.3 is 0 Å². The molecule has 0 spiro atoms. The average Bonchev–Trinajstić information content (AvgIpc) is 2.59. The largest absolute Gasteiger partial charge is 0.350 e. The van der Waals surface area contributed by atoms with Crippen LogP contribution in [0, 0.1) is 6.92 Å². The third-order valence-corrected chi connectivity index (χ3v) is 4.26. The van der Waals surface area contributed by atoms with Gasteiger partial charge in [-0.1, -0.05) is 59.1 Å². The van der Waals surface area contributed by atoms with Crippen LogP contribution in [0.5, 0.6) is 0 Å². The Hall–Kier alpha value is -2.30. The van der Waals surface area contributed by atoms with Gasteiger partial charge in [0, 0.05) is 12.7 Å². The Morgan fingerprint density at radius 1 is 1.00 bits per heavy atom. The van der Waals surface area contributed by atoms with Crippen LogP contribution in [0.1, 0.15) is 11.1 Å². The summed E-state index contributed by atoms with van der Waals surface area (Å²) < 4.78 is 0. The predicted octanol–water partition coefficient (Wildman–Crippen LogP) is 5.45. The van der Waals surface area contributed by atoms with Crippen molar-refractivity contribution in [2.45, 2.75) is 13.5 Å². The van der Waals surface area contributed by atoms with Crippen molar-refractivity contribution >= 4 is 40.7 Å². The molecule has 1 aromatic heterocycles. The number of aryl methyl sites for hydroxylation is 1. The van der Waals surface area contributed by atoms with Crippen molar-refractivity contribution in [2.75, 3.05) is 10.6 Å². The summed E-state index contributed by atoms with van der Waals surface area (Å²) in [5.74, 6) is 1.18. The molecule has 24 heavy (non-hydrogen) atoms. The zero-order valence-corrected chi connectivity index (χ0v) is 14.6. The molecule has 0 bridgehead atoms. The second-order valence-corrected chi connectivity index (χ2v) is 6.12. The van der Waals surface area contributed by atoms with Gasteiger partial charge in [0.25, 0.3) is 0 Å². The number of rotatable bonds is 5. The second-order valence-electron chi connectivity index (χ2n) is 5.33. The van der Waals surface area contributed by atoms with Crippen LogP contribution in [-0.2, 0) is 6.54 Å². The molecule has 0 amide bonds. The van der Waals surface area contributed by atoms with Gasteiger partial charge in [0.15, 0.2) is 0 Å². The van der Waals surface area contributed by atoms with Crippen LogP contribution < -0.4 is 10.6 Å². The minimum Gasteiger partial charge on any atom is -0.350 e. The van der Waals surface area contributed by atoms with Crippen molar-refractivity contribution in [1.82, 2.24) is 9.97 Å². The Kier molecular flexibility index (Phi) is 5.18. The fourth-order valence-corrected chi connectivity index (χ4v) is 2.49. The van der Waals surface area contributed by atoms with E-state index < -0.39 is 0 Å². The smallest absolute Gasteiger partial charge is 0.224 e. The summed E-state index contributed by atoms with van der Waals surface area (Å²) >= 11 is 12.2. The minimum atomic E-state index is 0.465. The van der Waals surface area contributed by atoms with Crippen molar-refractivity contribution in [3.63, 3.8) is 0 Å². The lowest BCUT2D eigenvalue weighted by Crippen LogP contribution is -2.05. The van der Waals surface area contributed by atoms with Crippen molar-refractivity contribution in [2.24, 2.45) is 0 Å². The second kappa shape index (κ2) is 7.51. The van der Waals surface area contributed by atoms with E-state index in [1.54, 1.807) is 18.3 Å². The number of hydrogen-bond donors (Lipinski definition) is 2. The standard InChI is InChI=1S/C18H16Cl2N4/c1-12-5-7-13(8-6-12)11-22-18-21-10-9-16(24-18)23-15-4-2-3-14(19)17(15)20/h2-10H,11H2,1H3,(H2,21,22,23,24). The van der Waals surface area contributed by atoms with Gasteiger partial charge in [-0.25, -0.2) is 4.98 Å². The van der Waals surface area contributed by atoms with Crippen LogP contribution in [0.3, 0.4) is 0 Å². The molecule has 122 valence electrons. The van der Waals surface area contributed by atoms with Crippen molar-refractivity contribution in [3.05, 3.63) is 75.9 Å². The quantitative estimate of drug-likeness (QED) is 0.636. The van der Waals surface area contributed by atoms with Crippen LogP contribution in [0.2, 0.25) is 10.0 Å². The van der Waals surface area contributed by atoms with Crippen molar-refractivity contribution < 1.29 is 0 Å². The van der Waals surface area contributed by atoms with Crippen LogP contribution in [0.4, 0.5) is 17.5 Å². The molecular weight excluding hydrogens is 343 g/mol. The number of hydrogen-bond acceptors (Lipinski definition) is 4. The third-order valence-electron chi connectivity index (χ3n) is 3.44. The first-order chi connectivity index (χ1) is 11.6. The molecule has 1 heterocycles. The SMILES string of the molecule is Cc1ccc(CNc2nccc(Nc3cccc(Cl)c3Cl)n2)cc1. The minimum absolute atomic E-state index is 0.465. The highest BCUT2D eigenvalue weighted by atomic mass is 35.5. The number of benzene rings is 2. The van der Waals surface area contributed by atoms with Gasteiger partial charge in [-0.15, -0.1) is 0 Å². The number of anilines is 3. The van der Waals surface area contributed by atoms with Gasteiger partial charge in [0.05, 0.1) is 15.7 Å². The van der Waals surface area contributed by atoms with Gasteiger partial charge in [-0.05, 0) is 30.7 Å². The summed E-state index contributed by atoms with van der Waals surface area (Å²) in [5, 5.41) is 7.32. The van der Waals surface area contributed by atoms with Gasteiger partial charge < -0.3 is 10.6 Å². The summed E-state index contributed by atoms with van der Waals surface area (Å²) in [5.41, 5.74) is 3.10. The van der Waals surface area contributed by atoms with Gasteiger partial charge in [-0.2, -0.15) is 4.98 Å². The third kappa shape index (κ3) is 4.16. The number of aromatic nitrogens is 2. The number of nitrogens with one attached hydrogen (secondary N) is 2. The summed E-state index contributed by atoms with van der Waals surface area (Å²) in [7, 11) is 0. The first-order valence-corrected chi connectivity index (χ1v) is 8.21. The van der Waals surface area contributed by atoms with E-state index in [4.69, 9.17) is 23.2 Å². The van der Waals surface area contributed by atoms with E-state index in [1.165, 1.54) is 11.1 Å². The summed E-state index contributed by atoms with van der Waals surface area (Å²) in [4.78, 5) is 8.67. The van der Waals surface area contributed by atoms with E-state index in [2.05, 4.69) is 51.8 Å². The van der Waals surface area contributed by atoms with Crippen LogP contribution in [0.15, 0.2) is 54.7 Å². The molecule has 0 saturated carbocycles. The molecule has 3 rings (SSSR count). The molecule has 0 radical (unpaired) electrons. The van der Waals surface area contributed by atoms with E-state index in [0.29, 0.717) is 34.0 Å². The maximum Gasteiger partial charge on any atom is 0.224 e. The summed E-state index contributed by atoms with van der Waals surface area (Å²) in [6, 6.07) is 15.5. The highest BCUT2D eigenvalue weighted by Gasteiger charge is 2.06. The highest BCUT2D eigenvalue weighted by Crippen LogP contribution is 2.31. The monoisotopic (exact) mass is 358 g/mol. The Balaban J connectivity index is 1.69. The maximum atomic E-state index is 6.18. The van der Waals surface area contributed by atoms with E-state index in [1.807, 2.05) is 12.1 Å². The predicted molar refractivity (Wildman–Crippen MR) is 100 cm³/mol. The number of nitrogens with zero attached hydrogens (tertiary/aromatic N) is 2. The Bertz CT molecular complexity index is 835. The zero-order valence-electron chi connectivity index (χ0n) is 13.1. The lowest BCUT2D eigenvalue weighted by atomic mass is 10.1. The van der Waals surface area contributed by atoms with Crippen LogP contribution in [-0.4, -0.2) is 9.97 Å². The topological polar surface area (TPSA) is 49.8 Å². The fraction of sp³-hybridized carbons (Fsp3) is 0.111. The molecule has 4 nitrogen and oxygen atoms in total. The van der Waals surface area contributed by atoms with Gasteiger partial charge in [0.2, 0.25) is 5.95 Å². The average molecular weight is 359 g/mol. The first-order valence-electron chi connectivity index (χ1n) is 7.45. The lowest BCUT2D eigenvalue weighted by molar-refractivity contribution is 1.05. The lowest BCUT2D eigenvalue weighted by Gasteiger charge is -2.10. The highest BCUT2D eigenvalue weighted by molar-refractivity contribution is 6.43. The zero-order chi connectivity index (χ0) is 16.9. The van der Waals surface area contributed by atoms with Crippen molar-refractivity contribution in [3.8, 4) is 0 Å². The summed E-state index contributed by atoms with van der Waals surface area (Å²) in [6.07, 6.45) is 1.69. The van der Waals surface area contributed by atoms with E-state index in [0.717, 1.165) is 0 Å². The molecule has 3 aromatic rings. The molecule has 6 heteroatoms. The summed E-state index contributed by atoms with van der Waals surface area (Å²) in [6.45, 7) is 2.72. The Morgan fingerprint density at radius 3 is 2.58 bits per heavy atom. The first kappa shape index (κ1) is 16.6. The molecule has 0 aliphatic carbocycles. The molecule has 0 saturated heterocycles. The van der Waals surface area contributed by atoms with Crippen LogP contribution in [0.25, 0.3) is 0 Å².